The fourth-order valence-electron chi connectivity index (χ4n) is 3.27. The molecule has 0 spiro atoms. The van der Waals surface area contributed by atoms with Crippen molar-refractivity contribution in [3.8, 4) is 11.4 Å². The fourth-order valence-corrected chi connectivity index (χ4v) is 3.90. The van der Waals surface area contributed by atoms with Crippen LogP contribution in [0.2, 0.25) is 0 Å². The number of nitrogens with one attached hydrogen (secondary N) is 1. The number of thiazole rings is 1. The van der Waals surface area contributed by atoms with Crippen LogP contribution in [0.1, 0.15) is 35.3 Å². The van der Waals surface area contributed by atoms with Gasteiger partial charge in [-0.15, -0.1) is 5.10 Å². The average molecular weight is 429 g/mol. The third-order valence-corrected chi connectivity index (χ3v) is 5.62. The molecule has 1 aromatic carbocycles. The predicted molar refractivity (Wildman–Crippen MR) is 109 cm³/mol. The predicted octanol–water partition coefficient (Wildman–Crippen LogP) is 2.58. The smallest absolute Gasteiger partial charge is 0.345 e. The number of phenolic OH excluding ortho intramolecular Hbond substituents is 1. The number of aromatic nitrogens is 4. The Morgan fingerprint density at radius 1 is 1.30 bits per heavy atom. The maximum absolute atomic E-state index is 12.4. The van der Waals surface area contributed by atoms with E-state index in [0.29, 0.717) is 5.69 Å². The number of nitro groups is 1. The van der Waals surface area contributed by atoms with Crippen molar-refractivity contribution in [2.24, 2.45) is 0 Å². The number of amides is 1. The fraction of sp³-hybridized carbons (Fsp3) is 0.333. The van der Waals surface area contributed by atoms with Gasteiger partial charge in [0.15, 0.2) is 5.13 Å². The number of phenols is 1. The van der Waals surface area contributed by atoms with Gasteiger partial charge in [-0.05, 0) is 49.4 Å². The first kappa shape index (κ1) is 19.9. The first-order chi connectivity index (χ1) is 14.5. The quantitative estimate of drug-likeness (QED) is 0.450. The van der Waals surface area contributed by atoms with Crippen LogP contribution >= 0.6 is 11.3 Å². The second-order valence-corrected chi connectivity index (χ2v) is 7.92. The molecule has 30 heavy (non-hydrogen) atoms. The van der Waals surface area contributed by atoms with E-state index < -0.39 is 10.8 Å². The lowest BCUT2D eigenvalue weighted by Crippen LogP contribution is -2.29. The first-order valence-electron chi connectivity index (χ1n) is 9.38. The number of carbonyl (C=O) groups excluding carboxylic acids is 1. The van der Waals surface area contributed by atoms with Crippen molar-refractivity contribution in [1.82, 2.24) is 24.9 Å². The second kappa shape index (κ2) is 8.55. The van der Waals surface area contributed by atoms with E-state index in [0.717, 1.165) is 42.9 Å². The van der Waals surface area contributed by atoms with Crippen LogP contribution in [0.4, 0.5) is 10.1 Å². The molecule has 3 aromatic rings. The third-order valence-electron chi connectivity index (χ3n) is 4.76. The number of piperidine rings is 1. The van der Waals surface area contributed by atoms with Crippen LogP contribution in [0.3, 0.4) is 0 Å². The first-order valence-corrected chi connectivity index (χ1v) is 10.2. The normalized spacial score (nSPS) is 14.5. The van der Waals surface area contributed by atoms with Gasteiger partial charge in [0.05, 0.1) is 28.1 Å². The molecule has 0 saturated carbocycles. The Bertz CT molecular complexity index is 1070. The van der Waals surface area contributed by atoms with Gasteiger partial charge in [0.25, 0.3) is 5.91 Å². The number of aromatic hydroxyl groups is 1. The van der Waals surface area contributed by atoms with Gasteiger partial charge in [0, 0.05) is 12.6 Å². The van der Waals surface area contributed by atoms with Crippen LogP contribution in [-0.4, -0.2) is 53.9 Å². The van der Waals surface area contributed by atoms with Gasteiger partial charge in [0.1, 0.15) is 11.9 Å². The van der Waals surface area contributed by atoms with E-state index in [1.165, 1.54) is 31.4 Å². The number of rotatable bonds is 6. The lowest BCUT2D eigenvalue weighted by Gasteiger charge is -2.25. The molecule has 1 fully saturated rings. The van der Waals surface area contributed by atoms with Gasteiger partial charge in [-0.25, -0.2) is 9.67 Å². The van der Waals surface area contributed by atoms with E-state index in [2.05, 4.69) is 25.5 Å². The molecule has 0 atom stereocenters. The van der Waals surface area contributed by atoms with Gasteiger partial charge >= 0.3 is 5.00 Å². The third kappa shape index (κ3) is 4.44. The van der Waals surface area contributed by atoms with Crippen LogP contribution in [-0.2, 0) is 6.54 Å². The molecule has 11 nitrogen and oxygen atoms in total. The van der Waals surface area contributed by atoms with Crippen molar-refractivity contribution in [3.63, 3.8) is 0 Å². The molecule has 0 unspecified atom stereocenters. The van der Waals surface area contributed by atoms with E-state index in [4.69, 9.17) is 0 Å². The maximum atomic E-state index is 12.4. The Labute approximate surface area is 175 Å². The largest absolute Gasteiger partial charge is 0.507 e. The average Bonchev–Trinajstić information content (AvgIpc) is 3.38. The van der Waals surface area contributed by atoms with E-state index in [1.807, 2.05) is 0 Å². The Kier molecular flexibility index (Phi) is 5.68. The summed E-state index contributed by atoms with van der Waals surface area (Å²) >= 11 is 0.737. The molecule has 156 valence electrons. The summed E-state index contributed by atoms with van der Waals surface area (Å²) in [5.74, 6) is -0.864. The SMILES string of the molecule is O=C(Nc1ncc([N+](=O)[O-])s1)c1ccc(-n2cc(CN3CCCCC3)nn2)cc1O. The van der Waals surface area contributed by atoms with Gasteiger partial charge in [0.2, 0.25) is 0 Å². The molecule has 0 radical (unpaired) electrons. The van der Waals surface area contributed by atoms with Gasteiger partial charge in [-0.1, -0.05) is 11.6 Å². The molecule has 1 saturated heterocycles. The maximum Gasteiger partial charge on any atom is 0.345 e. The summed E-state index contributed by atoms with van der Waals surface area (Å²) in [5.41, 5.74) is 1.42. The van der Waals surface area contributed by atoms with E-state index in [9.17, 15) is 20.0 Å². The summed E-state index contributed by atoms with van der Waals surface area (Å²) in [6.07, 6.45) is 6.52. The lowest BCUT2D eigenvalue weighted by molar-refractivity contribution is -0.380. The van der Waals surface area contributed by atoms with Crippen LogP contribution in [0, 0.1) is 10.1 Å². The zero-order valence-electron chi connectivity index (χ0n) is 15.9. The highest BCUT2D eigenvalue weighted by Crippen LogP contribution is 2.27. The van der Waals surface area contributed by atoms with Crippen LogP contribution in [0.5, 0.6) is 5.75 Å². The molecule has 3 heterocycles. The Morgan fingerprint density at radius 2 is 2.10 bits per heavy atom. The summed E-state index contributed by atoms with van der Waals surface area (Å²) in [4.78, 5) is 28.6. The molecular weight excluding hydrogens is 410 g/mol. The number of anilines is 1. The summed E-state index contributed by atoms with van der Waals surface area (Å²) in [6.45, 7) is 2.84. The summed E-state index contributed by atoms with van der Waals surface area (Å²) in [6, 6.07) is 4.50. The zero-order chi connectivity index (χ0) is 21.1. The van der Waals surface area contributed by atoms with Gasteiger partial charge in [-0.2, -0.15) is 0 Å². The Balaban J connectivity index is 1.44. The molecule has 2 N–H and O–H groups in total. The molecule has 12 heteroatoms. The summed E-state index contributed by atoms with van der Waals surface area (Å²) in [5, 5.41) is 31.7. The number of likely N-dealkylation sites (tertiary alicyclic amines) is 1. The number of nitrogens with zero attached hydrogens (tertiary/aromatic N) is 6. The minimum absolute atomic E-state index is 0.0188. The van der Waals surface area contributed by atoms with Crippen molar-refractivity contribution in [3.05, 3.63) is 52.0 Å². The summed E-state index contributed by atoms with van der Waals surface area (Å²) in [7, 11) is 0. The van der Waals surface area contributed by atoms with E-state index in [1.54, 1.807) is 16.9 Å². The van der Waals surface area contributed by atoms with Gasteiger partial charge < -0.3 is 5.11 Å². The highest BCUT2D eigenvalue weighted by Gasteiger charge is 2.18. The number of hydrogen-bond acceptors (Lipinski definition) is 9. The minimum atomic E-state index is -0.618. The topological polar surface area (TPSA) is 139 Å². The highest BCUT2D eigenvalue weighted by molar-refractivity contribution is 7.18. The zero-order valence-corrected chi connectivity index (χ0v) is 16.7. The highest BCUT2D eigenvalue weighted by atomic mass is 32.1. The second-order valence-electron chi connectivity index (χ2n) is 6.91. The number of benzene rings is 1. The van der Waals surface area contributed by atoms with Crippen molar-refractivity contribution >= 4 is 27.4 Å². The Hall–Kier alpha value is -3.38. The van der Waals surface area contributed by atoms with Crippen LogP contribution in [0.25, 0.3) is 5.69 Å². The molecule has 1 aliphatic rings. The van der Waals surface area contributed by atoms with Crippen molar-refractivity contribution < 1.29 is 14.8 Å². The van der Waals surface area contributed by atoms with Crippen molar-refractivity contribution in [2.75, 3.05) is 18.4 Å². The van der Waals surface area contributed by atoms with Crippen molar-refractivity contribution in [2.45, 2.75) is 25.8 Å². The molecule has 1 aliphatic heterocycles. The molecule has 0 aliphatic carbocycles. The summed E-state index contributed by atoms with van der Waals surface area (Å²) < 4.78 is 1.55. The van der Waals surface area contributed by atoms with Crippen LogP contribution < -0.4 is 5.32 Å². The minimum Gasteiger partial charge on any atom is -0.507 e. The number of hydrogen-bond donors (Lipinski definition) is 2. The molecule has 0 bridgehead atoms. The Morgan fingerprint density at radius 3 is 2.80 bits per heavy atom. The molecule has 4 rings (SSSR count). The molecule has 1 amide bonds. The molecular formula is C18H19N7O4S. The lowest BCUT2D eigenvalue weighted by atomic mass is 10.1. The van der Waals surface area contributed by atoms with Crippen LogP contribution in [0.15, 0.2) is 30.6 Å². The van der Waals surface area contributed by atoms with Gasteiger partial charge in [-0.3, -0.25) is 25.1 Å². The molecule has 2 aromatic heterocycles. The van der Waals surface area contributed by atoms with E-state index >= 15 is 0 Å². The number of carbonyl (C=O) groups is 1. The standard InChI is InChI=1S/C18H19N7O4S/c26-15-8-13(24-11-12(21-22-24)10-23-6-2-1-3-7-23)4-5-14(15)17(27)20-18-19-9-16(30-18)25(28)29/h4-5,8-9,11,26H,1-3,6-7,10H2,(H,19,20,27). The van der Waals surface area contributed by atoms with E-state index in [-0.39, 0.29) is 21.4 Å². The monoisotopic (exact) mass is 429 g/mol. The van der Waals surface area contributed by atoms with Crippen molar-refractivity contribution in [1.29, 1.82) is 0 Å².